The van der Waals surface area contributed by atoms with Crippen molar-refractivity contribution < 1.29 is 19.4 Å². The van der Waals surface area contributed by atoms with E-state index < -0.39 is 5.91 Å². The van der Waals surface area contributed by atoms with Crippen LogP contribution < -0.4 is 14.9 Å². The first-order valence-electron chi connectivity index (χ1n) is 9.05. The van der Waals surface area contributed by atoms with E-state index in [0.29, 0.717) is 41.1 Å². The Morgan fingerprint density at radius 3 is 2.44 bits per heavy atom. The molecule has 0 aliphatic carbocycles. The first-order chi connectivity index (χ1) is 15.3. The number of carbonyl (C=O) groups is 1. The summed E-state index contributed by atoms with van der Waals surface area (Å²) in [7, 11) is 1.54. The molecule has 0 heterocycles. The Morgan fingerprint density at radius 2 is 1.78 bits per heavy atom. The third-order valence-electron chi connectivity index (χ3n) is 4.27. The number of amides is 1. The van der Waals surface area contributed by atoms with Crippen molar-refractivity contribution in [2.75, 3.05) is 7.11 Å². The van der Waals surface area contributed by atoms with Crippen molar-refractivity contribution in [3.05, 3.63) is 83.7 Å². The van der Waals surface area contributed by atoms with Crippen LogP contribution in [0.15, 0.2) is 67.1 Å². The van der Waals surface area contributed by atoms with Crippen LogP contribution in [0.25, 0.3) is 0 Å². The number of hydrazone groups is 1. The Morgan fingerprint density at radius 1 is 1.09 bits per heavy atom. The lowest BCUT2D eigenvalue weighted by Gasteiger charge is -2.13. The monoisotopic (exact) mass is 644 g/mol. The van der Waals surface area contributed by atoms with Gasteiger partial charge in [0.2, 0.25) is 0 Å². The molecule has 6 nitrogen and oxygen atoms in total. The van der Waals surface area contributed by atoms with Crippen molar-refractivity contribution in [1.82, 2.24) is 5.43 Å². The number of ether oxygens (including phenoxy) is 2. The van der Waals surface area contributed by atoms with Gasteiger partial charge in [0.25, 0.3) is 5.91 Å². The van der Waals surface area contributed by atoms with Crippen LogP contribution >= 0.6 is 59.4 Å². The number of halogens is 4. The van der Waals surface area contributed by atoms with E-state index in [-0.39, 0.29) is 12.4 Å². The van der Waals surface area contributed by atoms with Gasteiger partial charge in [-0.05, 0) is 78.1 Å². The van der Waals surface area contributed by atoms with Crippen LogP contribution in [0.5, 0.6) is 17.2 Å². The summed E-state index contributed by atoms with van der Waals surface area (Å²) in [6.45, 7) is 0.281. The summed E-state index contributed by atoms with van der Waals surface area (Å²) in [5.41, 5.74) is 4.29. The van der Waals surface area contributed by atoms with Gasteiger partial charge in [0, 0.05) is 26.2 Å². The molecule has 0 saturated heterocycles. The largest absolute Gasteiger partial charge is 0.506 e. The molecule has 0 bridgehead atoms. The zero-order valence-electron chi connectivity index (χ0n) is 16.5. The Hall–Kier alpha value is -2.07. The molecule has 0 aliphatic heterocycles. The molecule has 3 aromatic carbocycles. The quantitative estimate of drug-likeness (QED) is 0.222. The lowest BCUT2D eigenvalue weighted by Crippen LogP contribution is -2.17. The summed E-state index contributed by atoms with van der Waals surface area (Å²) < 4.78 is 12.8. The maximum Gasteiger partial charge on any atom is 0.271 e. The van der Waals surface area contributed by atoms with E-state index in [0.717, 1.165) is 5.56 Å². The predicted octanol–water partition coefficient (Wildman–Crippen LogP) is 6.68. The van der Waals surface area contributed by atoms with Crippen molar-refractivity contribution in [1.29, 1.82) is 0 Å². The summed E-state index contributed by atoms with van der Waals surface area (Å²) in [6, 6.07) is 13.9. The van der Waals surface area contributed by atoms with Gasteiger partial charge in [0.1, 0.15) is 12.4 Å². The third kappa shape index (κ3) is 6.04. The standard InChI is InChI=1S/C22H16Br3ClN2O4/c1-31-19-8-14(10-27-28-22(30)13-6-16(24)21(29)17(25)7-13)15(23)9-20(19)32-11-12-4-2-3-5-18(12)26/h2-10,29H,11H2,1H3,(H,28,30)/b27-10+. The summed E-state index contributed by atoms with van der Waals surface area (Å²) in [5, 5.41) is 14.4. The molecule has 1 amide bonds. The van der Waals surface area contributed by atoms with E-state index in [4.69, 9.17) is 21.1 Å². The van der Waals surface area contributed by atoms with Crippen molar-refractivity contribution in [2.45, 2.75) is 6.61 Å². The number of phenols is 1. The fourth-order valence-electron chi connectivity index (χ4n) is 2.61. The predicted molar refractivity (Wildman–Crippen MR) is 135 cm³/mol. The average Bonchev–Trinajstić information content (AvgIpc) is 2.77. The van der Waals surface area contributed by atoms with E-state index in [2.05, 4.69) is 58.3 Å². The SMILES string of the molecule is COc1cc(/C=N/NC(=O)c2cc(Br)c(O)c(Br)c2)c(Br)cc1OCc1ccccc1Cl. The van der Waals surface area contributed by atoms with Gasteiger partial charge in [-0.15, -0.1) is 0 Å². The maximum absolute atomic E-state index is 12.3. The van der Waals surface area contributed by atoms with Crippen LogP contribution in [-0.2, 0) is 6.61 Å². The molecule has 0 saturated carbocycles. The molecule has 3 aromatic rings. The molecular weight excluding hydrogens is 631 g/mol. The number of carbonyl (C=O) groups excluding carboxylic acids is 1. The van der Waals surface area contributed by atoms with Gasteiger partial charge >= 0.3 is 0 Å². The second-order valence-corrected chi connectivity index (χ2v) is 9.36. The van der Waals surface area contributed by atoms with Gasteiger partial charge < -0.3 is 14.6 Å². The zero-order valence-corrected chi connectivity index (χ0v) is 22.0. The molecular formula is C22H16Br3ClN2O4. The molecule has 0 aromatic heterocycles. The average molecular weight is 648 g/mol. The van der Waals surface area contributed by atoms with Crippen molar-refractivity contribution in [2.24, 2.45) is 5.10 Å². The highest BCUT2D eigenvalue weighted by Gasteiger charge is 2.13. The van der Waals surface area contributed by atoms with Gasteiger partial charge in [-0.2, -0.15) is 5.10 Å². The fourth-order valence-corrected chi connectivity index (χ4v) is 4.42. The number of nitrogens with one attached hydrogen (secondary N) is 1. The van der Waals surface area contributed by atoms with Crippen molar-refractivity contribution in [3.63, 3.8) is 0 Å². The smallest absolute Gasteiger partial charge is 0.271 e. The minimum atomic E-state index is -0.439. The number of hydrogen-bond donors (Lipinski definition) is 2. The first-order valence-corrected chi connectivity index (χ1v) is 11.8. The van der Waals surface area contributed by atoms with E-state index in [1.165, 1.54) is 25.5 Å². The van der Waals surface area contributed by atoms with Crippen LogP contribution in [0.1, 0.15) is 21.5 Å². The zero-order chi connectivity index (χ0) is 23.3. The fraction of sp³-hybridized carbons (Fsp3) is 0.0909. The van der Waals surface area contributed by atoms with Gasteiger partial charge in [-0.1, -0.05) is 29.8 Å². The summed E-state index contributed by atoms with van der Waals surface area (Å²) in [6.07, 6.45) is 1.48. The number of nitrogens with zero attached hydrogens (tertiary/aromatic N) is 1. The highest BCUT2D eigenvalue weighted by Crippen LogP contribution is 2.34. The summed E-state index contributed by atoms with van der Waals surface area (Å²) in [4.78, 5) is 12.3. The van der Waals surface area contributed by atoms with E-state index in [1.54, 1.807) is 18.2 Å². The lowest BCUT2D eigenvalue weighted by molar-refractivity contribution is 0.0955. The minimum Gasteiger partial charge on any atom is -0.506 e. The topological polar surface area (TPSA) is 80.2 Å². The molecule has 0 radical (unpaired) electrons. The normalized spacial score (nSPS) is 10.9. The Balaban J connectivity index is 1.72. The molecule has 3 rings (SSSR count). The van der Waals surface area contributed by atoms with Gasteiger partial charge in [-0.25, -0.2) is 5.43 Å². The van der Waals surface area contributed by atoms with Crippen LogP contribution in [0.3, 0.4) is 0 Å². The second-order valence-electron chi connectivity index (χ2n) is 6.39. The van der Waals surface area contributed by atoms with E-state index >= 15 is 0 Å². The first kappa shape index (κ1) is 24.6. The number of hydrogen-bond acceptors (Lipinski definition) is 5. The maximum atomic E-state index is 12.3. The molecule has 0 atom stereocenters. The van der Waals surface area contributed by atoms with E-state index in [9.17, 15) is 9.90 Å². The lowest BCUT2D eigenvalue weighted by atomic mass is 10.2. The molecule has 0 fully saturated rings. The number of rotatable bonds is 7. The van der Waals surface area contributed by atoms with Gasteiger partial charge in [0.05, 0.1) is 22.3 Å². The summed E-state index contributed by atoms with van der Waals surface area (Å²) in [5.74, 6) is 0.599. The van der Waals surface area contributed by atoms with Crippen LogP contribution in [0, 0.1) is 0 Å². The third-order valence-corrected chi connectivity index (χ3v) is 6.54. The molecule has 166 valence electrons. The van der Waals surface area contributed by atoms with Gasteiger partial charge in [0.15, 0.2) is 11.5 Å². The molecule has 0 aliphatic rings. The second kappa shape index (κ2) is 11.2. The van der Waals surface area contributed by atoms with Gasteiger partial charge in [-0.3, -0.25) is 4.79 Å². The minimum absolute atomic E-state index is 0.0120. The number of aromatic hydroxyl groups is 1. The molecule has 2 N–H and O–H groups in total. The van der Waals surface area contributed by atoms with Crippen LogP contribution in [0.4, 0.5) is 0 Å². The Labute approximate surface area is 215 Å². The van der Waals surface area contributed by atoms with Crippen LogP contribution in [0.2, 0.25) is 5.02 Å². The molecule has 32 heavy (non-hydrogen) atoms. The number of benzene rings is 3. The Kier molecular flexibility index (Phi) is 8.58. The molecule has 0 unspecified atom stereocenters. The van der Waals surface area contributed by atoms with E-state index in [1.807, 2.05) is 18.2 Å². The molecule has 0 spiro atoms. The Bertz CT molecular complexity index is 1160. The highest BCUT2D eigenvalue weighted by molar-refractivity contribution is 9.11. The summed E-state index contributed by atoms with van der Waals surface area (Å²) >= 11 is 16.1. The van der Waals surface area contributed by atoms with Crippen molar-refractivity contribution in [3.8, 4) is 17.2 Å². The molecule has 10 heteroatoms. The highest BCUT2D eigenvalue weighted by atomic mass is 79.9. The van der Waals surface area contributed by atoms with Crippen LogP contribution in [-0.4, -0.2) is 24.3 Å². The number of methoxy groups -OCH3 is 1. The van der Waals surface area contributed by atoms with Crippen molar-refractivity contribution >= 4 is 71.5 Å². The number of phenolic OH excluding ortho intramolecular Hbond substituents is 1.